The molecule has 88 valence electrons. The molecule has 1 unspecified atom stereocenters. The van der Waals surface area contributed by atoms with Crippen molar-refractivity contribution in [2.75, 3.05) is 18.0 Å². The van der Waals surface area contributed by atoms with Gasteiger partial charge < -0.3 is 10.0 Å². The Hall–Kier alpha value is -2.16. The monoisotopic (exact) mass is 232 g/mol. The highest BCUT2D eigenvalue weighted by molar-refractivity contribution is 5.76. The highest BCUT2D eigenvalue weighted by Gasteiger charge is 2.41. The Kier molecular flexibility index (Phi) is 2.68. The van der Waals surface area contributed by atoms with Gasteiger partial charge in [0.05, 0.1) is 17.2 Å². The van der Waals surface area contributed by atoms with Crippen LogP contribution in [0.25, 0.3) is 0 Å². The molecule has 1 aliphatic heterocycles. The van der Waals surface area contributed by atoms with Crippen LogP contribution in [0.5, 0.6) is 0 Å². The van der Waals surface area contributed by atoms with Gasteiger partial charge in [-0.3, -0.25) is 4.79 Å². The summed E-state index contributed by atoms with van der Waals surface area (Å²) < 4.78 is 0. The first-order chi connectivity index (χ1) is 8.07. The van der Waals surface area contributed by atoms with Crippen LogP contribution in [0.2, 0.25) is 0 Å². The lowest BCUT2D eigenvalue weighted by Gasteiger charge is -2.20. The van der Waals surface area contributed by atoms with Gasteiger partial charge in [0.1, 0.15) is 6.07 Å². The van der Waals surface area contributed by atoms with Gasteiger partial charge >= 0.3 is 5.97 Å². The van der Waals surface area contributed by atoms with Crippen molar-refractivity contribution in [1.82, 2.24) is 10.2 Å². The summed E-state index contributed by atoms with van der Waals surface area (Å²) in [5.41, 5.74) is -0.348. The summed E-state index contributed by atoms with van der Waals surface area (Å²) in [5.74, 6) is -0.345. The van der Waals surface area contributed by atoms with Gasteiger partial charge in [0, 0.05) is 13.1 Å². The zero-order valence-corrected chi connectivity index (χ0v) is 9.42. The molecule has 1 N–H and O–H groups in total. The quantitative estimate of drug-likeness (QED) is 0.805. The highest BCUT2D eigenvalue weighted by atomic mass is 16.4. The van der Waals surface area contributed by atoms with Gasteiger partial charge in [-0.15, -0.1) is 5.10 Å². The molecule has 1 atom stereocenters. The molecule has 1 aliphatic rings. The maximum absolute atomic E-state index is 11.1. The smallest absolute Gasteiger partial charge is 0.311 e. The number of rotatable bonds is 2. The molecule has 1 aromatic heterocycles. The lowest BCUT2D eigenvalue weighted by Crippen LogP contribution is -2.32. The fourth-order valence-electron chi connectivity index (χ4n) is 1.96. The number of aliphatic carboxylic acids is 1. The largest absolute Gasteiger partial charge is 0.481 e. The van der Waals surface area contributed by atoms with E-state index in [2.05, 4.69) is 10.2 Å². The van der Waals surface area contributed by atoms with E-state index in [9.17, 15) is 4.79 Å². The zero-order valence-electron chi connectivity index (χ0n) is 9.42. The lowest BCUT2D eigenvalue weighted by molar-refractivity contribution is -0.146. The Morgan fingerprint density at radius 2 is 2.47 bits per heavy atom. The van der Waals surface area contributed by atoms with Crippen molar-refractivity contribution in [3.05, 3.63) is 17.8 Å². The average molecular weight is 232 g/mol. The molecule has 1 saturated heterocycles. The third-order valence-electron chi connectivity index (χ3n) is 3.11. The maximum Gasteiger partial charge on any atom is 0.311 e. The van der Waals surface area contributed by atoms with E-state index in [4.69, 9.17) is 10.4 Å². The summed E-state index contributed by atoms with van der Waals surface area (Å²) in [4.78, 5) is 12.9. The molecule has 1 fully saturated rings. The van der Waals surface area contributed by atoms with E-state index >= 15 is 0 Å². The number of nitriles is 1. The van der Waals surface area contributed by atoms with Crippen LogP contribution in [0, 0.1) is 16.7 Å². The number of hydrogen-bond acceptors (Lipinski definition) is 5. The van der Waals surface area contributed by atoms with Crippen molar-refractivity contribution in [3.8, 4) is 6.07 Å². The van der Waals surface area contributed by atoms with Crippen LogP contribution in [-0.4, -0.2) is 34.4 Å². The fraction of sp³-hybridized carbons (Fsp3) is 0.455. The van der Waals surface area contributed by atoms with E-state index in [1.54, 1.807) is 17.9 Å². The second-order valence-electron chi connectivity index (χ2n) is 4.42. The van der Waals surface area contributed by atoms with Gasteiger partial charge in [0.15, 0.2) is 5.82 Å². The van der Waals surface area contributed by atoms with E-state index in [0.717, 1.165) is 0 Å². The SMILES string of the molecule is CC1(C(=O)O)CCN(c2nnccc2C#N)C1. The minimum absolute atomic E-state index is 0.357. The molecule has 0 aliphatic carbocycles. The van der Waals surface area contributed by atoms with Crippen molar-refractivity contribution < 1.29 is 9.90 Å². The molecule has 2 heterocycles. The second kappa shape index (κ2) is 4.01. The second-order valence-corrected chi connectivity index (χ2v) is 4.42. The molecular formula is C11H12N4O2. The molecule has 0 radical (unpaired) electrons. The van der Waals surface area contributed by atoms with Gasteiger partial charge in [-0.05, 0) is 19.4 Å². The van der Waals surface area contributed by atoms with Crippen LogP contribution in [0.4, 0.5) is 5.82 Å². The van der Waals surface area contributed by atoms with Crippen LogP contribution in [0.3, 0.4) is 0 Å². The molecule has 1 aromatic rings. The van der Waals surface area contributed by atoms with Crippen molar-refractivity contribution in [1.29, 1.82) is 5.26 Å². The summed E-state index contributed by atoms with van der Waals surface area (Å²) in [7, 11) is 0. The van der Waals surface area contributed by atoms with E-state index < -0.39 is 11.4 Å². The Labute approximate surface area is 98.5 Å². The normalized spacial score (nSPS) is 23.4. The lowest BCUT2D eigenvalue weighted by atomic mass is 9.90. The van der Waals surface area contributed by atoms with Crippen LogP contribution in [0.15, 0.2) is 12.3 Å². The van der Waals surface area contributed by atoms with Gasteiger partial charge in [-0.2, -0.15) is 10.4 Å². The average Bonchev–Trinajstić information content (AvgIpc) is 2.73. The predicted molar refractivity (Wildman–Crippen MR) is 59.3 cm³/mol. The minimum Gasteiger partial charge on any atom is -0.481 e. The van der Waals surface area contributed by atoms with Crippen molar-refractivity contribution in [2.45, 2.75) is 13.3 Å². The van der Waals surface area contributed by atoms with Crippen molar-refractivity contribution >= 4 is 11.8 Å². The number of anilines is 1. The zero-order chi connectivity index (χ0) is 12.5. The van der Waals surface area contributed by atoms with E-state index in [1.807, 2.05) is 6.07 Å². The van der Waals surface area contributed by atoms with Crippen molar-refractivity contribution in [2.24, 2.45) is 5.41 Å². The molecule has 0 bridgehead atoms. The van der Waals surface area contributed by atoms with Gasteiger partial charge in [0.2, 0.25) is 0 Å². The van der Waals surface area contributed by atoms with Crippen LogP contribution >= 0.6 is 0 Å². The topological polar surface area (TPSA) is 90.1 Å². The van der Waals surface area contributed by atoms with Crippen LogP contribution < -0.4 is 4.90 Å². The Morgan fingerprint density at radius 3 is 3.06 bits per heavy atom. The number of nitrogens with zero attached hydrogens (tertiary/aromatic N) is 4. The Balaban J connectivity index is 2.27. The van der Waals surface area contributed by atoms with Crippen molar-refractivity contribution in [3.63, 3.8) is 0 Å². The van der Waals surface area contributed by atoms with Crippen LogP contribution in [0.1, 0.15) is 18.9 Å². The van der Waals surface area contributed by atoms with E-state index in [0.29, 0.717) is 30.9 Å². The fourth-order valence-corrected chi connectivity index (χ4v) is 1.96. The first-order valence-electron chi connectivity index (χ1n) is 5.27. The molecule has 6 nitrogen and oxygen atoms in total. The van der Waals surface area contributed by atoms with Crippen LogP contribution in [-0.2, 0) is 4.79 Å². The molecular weight excluding hydrogens is 220 g/mol. The molecule has 6 heteroatoms. The molecule has 0 saturated carbocycles. The highest BCUT2D eigenvalue weighted by Crippen LogP contribution is 2.33. The van der Waals surface area contributed by atoms with Gasteiger partial charge in [-0.1, -0.05) is 0 Å². The summed E-state index contributed by atoms with van der Waals surface area (Å²) in [6.07, 6.45) is 2.00. The molecule has 0 aromatic carbocycles. The first-order valence-corrected chi connectivity index (χ1v) is 5.27. The van der Waals surface area contributed by atoms with E-state index in [1.165, 1.54) is 6.20 Å². The maximum atomic E-state index is 11.1. The Morgan fingerprint density at radius 1 is 1.71 bits per heavy atom. The third-order valence-corrected chi connectivity index (χ3v) is 3.11. The third kappa shape index (κ3) is 1.91. The predicted octanol–water partition coefficient (Wildman–Crippen LogP) is 0.649. The number of aromatic nitrogens is 2. The summed E-state index contributed by atoms with van der Waals surface area (Å²) in [5, 5.41) is 25.8. The minimum atomic E-state index is -0.817. The number of carboxylic acids is 1. The molecule has 0 spiro atoms. The molecule has 0 amide bonds. The molecule has 17 heavy (non-hydrogen) atoms. The molecule has 2 rings (SSSR count). The standard InChI is InChI=1S/C11H12N4O2/c1-11(10(16)17)3-5-15(7-11)9-8(6-12)2-4-13-14-9/h2,4H,3,5,7H2,1H3,(H,16,17). The van der Waals surface area contributed by atoms with Gasteiger partial charge in [0.25, 0.3) is 0 Å². The first kappa shape index (κ1) is 11.3. The summed E-state index contributed by atoms with van der Waals surface area (Å²) >= 11 is 0. The number of carboxylic acid groups (broad SMARTS) is 1. The van der Waals surface area contributed by atoms with E-state index in [-0.39, 0.29) is 0 Å². The summed E-state index contributed by atoms with van der Waals surface area (Å²) in [6.45, 7) is 2.64. The summed E-state index contributed by atoms with van der Waals surface area (Å²) in [6, 6.07) is 3.62. The van der Waals surface area contributed by atoms with Gasteiger partial charge in [-0.25, -0.2) is 0 Å². The number of carbonyl (C=O) groups is 1. The Bertz CT molecular complexity index is 496. The number of hydrogen-bond donors (Lipinski definition) is 1.